The summed E-state index contributed by atoms with van der Waals surface area (Å²) in [4.78, 5) is 16.4. The number of carbonyl (C=O) groups excluding carboxylic acids is 1. The number of urea groups is 1. The van der Waals surface area contributed by atoms with Gasteiger partial charge in [-0.1, -0.05) is 29.3 Å². The molecule has 2 amide bonds. The van der Waals surface area contributed by atoms with Gasteiger partial charge in [-0.15, -0.1) is 0 Å². The molecule has 0 radical (unpaired) electrons. The Kier molecular flexibility index (Phi) is 5.34. The van der Waals surface area contributed by atoms with Crippen molar-refractivity contribution in [2.75, 3.05) is 43.5 Å². The van der Waals surface area contributed by atoms with Crippen LogP contribution in [0.2, 0.25) is 5.02 Å². The third kappa shape index (κ3) is 4.17. The molecular weight excluding hydrogens is 338 g/mol. The summed E-state index contributed by atoms with van der Waals surface area (Å²) in [5.74, 6) is 0.793. The summed E-state index contributed by atoms with van der Waals surface area (Å²) in [6.45, 7) is 4.78. The van der Waals surface area contributed by atoms with Crippen molar-refractivity contribution in [3.8, 4) is 5.75 Å². The van der Waals surface area contributed by atoms with Gasteiger partial charge < -0.3 is 19.9 Å². The van der Waals surface area contributed by atoms with Crippen LogP contribution in [0, 0.1) is 6.92 Å². The molecular formula is C19H22ClN3O2. The number of rotatable bonds is 3. The minimum atomic E-state index is -0.0680. The monoisotopic (exact) mass is 359 g/mol. The summed E-state index contributed by atoms with van der Waals surface area (Å²) >= 11 is 6.12. The maximum Gasteiger partial charge on any atom is 0.321 e. The second kappa shape index (κ2) is 7.66. The molecule has 1 aliphatic rings. The summed E-state index contributed by atoms with van der Waals surface area (Å²) in [6, 6.07) is 13.3. The maximum absolute atomic E-state index is 12.4. The zero-order valence-electron chi connectivity index (χ0n) is 14.5. The van der Waals surface area contributed by atoms with Crippen LogP contribution in [0.1, 0.15) is 5.56 Å². The Morgan fingerprint density at radius 1 is 1.08 bits per heavy atom. The number of hydrogen-bond donors (Lipinski definition) is 1. The quantitative estimate of drug-likeness (QED) is 0.900. The number of ether oxygens (including phenoxy) is 1. The van der Waals surface area contributed by atoms with Gasteiger partial charge in [0.2, 0.25) is 0 Å². The van der Waals surface area contributed by atoms with Gasteiger partial charge in [0.05, 0.1) is 12.8 Å². The van der Waals surface area contributed by atoms with E-state index in [0.717, 1.165) is 30.2 Å². The fraction of sp³-hybridized carbons (Fsp3) is 0.316. The van der Waals surface area contributed by atoms with E-state index in [1.807, 2.05) is 54.3 Å². The number of nitrogens with one attached hydrogen (secondary N) is 1. The lowest BCUT2D eigenvalue weighted by molar-refractivity contribution is 0.208. The van der Waals surface area contributed by atoms with Crippen LogP contribution in [0.3, 0.4) is 0 Å². The largest absolute Gasteiger partial charge is 0.495 e. The standard InChI is InChI=1S/C19H22ClN3O2/c1-14-3-6-16(7-4-14)21-19(24)23-11-9-22(10-12-23)17-13-15(20)5-8-18(17)25-2/h3-8,13H,9-12H2,1-2H3,(H,21,24). The summed E-state index contributed by atoms with van der Waals surface area (Å²) in [6.07, 6.45) is 0. The van der Waals surface area contributed by atoms with Crippen molar-refractivity contribution in [2.24, 2.45) is 0 Å². The van der Waals surface area contributed by atoms with Gasteiger partial charge in [-0.05, 0) is 37.3 Å². The molecule has 1 aliphatic heterocycles. The van der Waals surface area contributed by atoms with E-state index in [4.69, 9.17) is 16.3 Å². The number of nitrogens with zero attached hydrogens (tertiary/aromatic N) is 2. The summed E-state index contributed by atoms with van der Waals surface area (Å²) in [7, 11) is 1.65. The Bertz CT molecular complexity index is 741. The van der Waals surface area contributed by atoms with Crippen LogP contribution >= 0.6 is 11.6 Å². The Morgan fingerprint density at radius 2 is 1.76 bits per heavy atom. The van der Waals surface area contributed by atoms with E-state index in [2.05, 4.69) is 10.2 Å². The van der Waals surface area contributed by atoms with Crippen molar-refractivity contribution in [3.05, 3.63) is 53.1 Å². The van der Waals surface area contributed by atoms with Gasteiger partial charge >= 0.3 is 6.03 Å². The molecule has 0 unspecified atom stereocenters. The smallest absolute Gasteiger partial charge is 0.321 e. The molecule has 132 valence electrons. The predicted octanol–water partition coefficient (Wildman–Crippen LogP) is 4.01. The van der Waals surface area contributed by atoms with Gasteiger partial charge in [0.1, 0.15) is 5.75 Å². The minimum Gasteiger partial charge on any atom is -0.495 e. The average Bonchev–Trinajstić information content (AvgIpc) is 2.63. The van der Waals surface area contributed by atoms with Crippen molar-refractivity contribution in [3.63, 3.8) is 0 Å². The van der Waals surface area contributed by atoms with Gasteiger partial charge in [-0.25, -0.2) is 4.79 Å². The molecule has 5 nitrogen and oxygen atoms in total. The number of aryl methyl sites for hydroxylation is 1. The number of carbonyl (C=O) groups is 1. The molecule has 1 saturated heterocycles. The molecule has 0 atom stereocenters. The first-order chi connectivity index (χ1) is 12.1. The van der Waals surface area contributed by atoms with Crippen molar-refractivity contribution in [1.29, 1.82) is 0 Å². The van der Waals surface area contributed by atoms with E-state index in [0.29, 0.717) is 18.1 Å². The molecule has 0 aliphatic carbocycles. The molecule has 0 spiro atoms. The lowest BCUT2D eigenvalue weighted by atomic mass is 10.2. The van der Waals surface area contributed by atoms with Gasteiger partial charge in [-0.2, -0.15) is 0 Å². The van der Waals surface area contributed by atoms with Gasteiger partial charge in [-0.3, -0.25) is 0 Å². The molecule has 0 aromatic heterocycles. The topological polar surface area (TPSA) is 44.8 Å². The van der Waals surface area contributed by atoms with Crippen LogP contribution in [0.15, 0.2) is 42.5 Å². The summed E-state index contributed by atoms with van der Waals surface area (Å²) in [5.41, 5.74) is 2.95. The maximum atomic E-state index is 12.4. The first-order valence-electron chi connectivity index (χ1n) is 8.28. The van der Waals surface area contributed by atoms with Crippen LogP contribution in [-0.4, -0.2) is 44.2 Å². The second-order valence-corrected chi connectivity index (χ2v) is 6.52. The van der Waals surface area contributed by atoms with E-state index in [1.165, 1.54) is 5.56 Å². The molecule has 2 aromatic carbocycles. The molecule has 1 N–H and O–H groups in total. The third-order valence-electron chi connectivity index (χ3n) is 4.35. The molecule has 1 fully saturated rings. The van der Waals surface area contributed by atoms with E-state index < -0.39 is 0 Å². The molecule has 1 heterocycles. The fourth-order valence-corrected chi connectivity index (χ4v) is 3.07. The fourth-order valence-electron chi connectivity index (χ4n) is 2.90. The Hall–Kier alpha value is -2.40. The van der Waals surface area contributed by atoms with Crippen LogP contribution in [0.5, 0.6) is 5.75 Å². The number of methoxy groups -OCH3 is 1. The van der Waals surface area contributed by atoms with E-state index in [1.54, 1.807) is 7.11 Å². The summed E-state index contributed by atoms with van der Waals surface area (Å²) in [5, 5.41) is 3.62. The third-order valence-corrected chi connectivity index (χ3v) is 4.59. The summed E-state index contributed by atoms with van der Waals surface area (Å²) < 4.78 is 5.42. The zero-order valence-corrected chi connectivity index (χ0v) is 15.2. The zero-order chi connectivity index (χ0) is 17.8. The average molecular weight is 360 g/mol. The molecule has 6 heteroatoms. The van der Waals surface area contributed by atoms with Crippen LogP contribution in [0.25, 0.3) is 0 Å². The van der Waals surface area contributed by atoms with E-state index in [-0.39, 0.29) is 6.03 Å². The highest BCUT2D eigenvalue weighted by Gasteiger charge is 2.23. The van der Waals surface area contributed by atoms with Crippen molar-refractivity contribution >= 4 is 29.0 Å². The number of halogens is 1. The molecule has 2 aromatic rings. The molecule has 3 rings (SSSR count). The van der Waals surface area contributed by atoms with Crippen LogP contribution < -0.4 is 15.0 Å². The minimum absolute atomic E-state index is 0.0680. The second-order valence-electron chi connectivity index (χ2n) is 6.09. The van der Waals surface area contributed by atoms with Gasteiger partial charge in [0, 0.05) is 36.9 Å². The van der Waals surface area contributed by atoms with E-state index in [9.17, 15) is 4.79 Å². The normalized spacial score (nSPS) is 14.4. The highest BCUT2D eigenvalue weighted by atomic mass is 35.5. The van der Waals surface area contributed by atoms with Crippen molar-refractivity contribution in [2.45, 2.75) is 6.92 Å². The molecule has 0 bridgehead atoms. The van der Waals surface area contributed by atoms with Crippen molar-refractivity contribution < 1.29 is 9.53 Å². The number of benzene rings is 2. The number of anilines is 2. The van der Waals surface area contributed by atoms with Crippen molar-refractivity contribution in [1.82, 2.24) is 4.90 Å². The number of hydrogen-bond acceptors (Lipinski definition) is 3. The first-order valence-corrected chi connectivity index (χ1v) is 8.65. The Balaban J connectivity index is 1.61. The Morgan fingerprint density at radius 3 is 2.40 bits per heavy atom. The Labute approximate surface area is 153 Å². The molecule has 0 saturated carbocycles. The lowest BCUT2D eigenvalue weighted by Gasteiger charge is -2.36. The SMILES string of the molecule is COc1ccc(Cl)cc1N1CCN(C(=O)Nc2ccc(C)cc2)CC1. The van der Waals surface area contributed by atoms with E-state index >= 15 is 0 Å². The van der Waals surface area contributed by atoms with Crippen LogP contribution in [0.4, 0.5) is 16.2 Å². The number of piperazine rings is 1. The first kappa shape index (κ1) is 17.4. The van der Waals surface area contributed by atoms with Crippen LogP contribution in [-0.2, 0) is 0 Å². The van der Waals surface area contributed by atoms with Gasteiger partial charge in [0.15, 0.2) is 0 Å². The highest BCUT2D eigenvalue weighted by molar-refractivity contribution is 6.30. The predicted molar refractivity (Wildman–Crippen MR) is 102 cm³/mol. The number of amides is 2. The lowest BCUT2D eigenvalue weighted by Crippen LogP contribution is -2.50. The molecule has 25 heavy (non-hydrogen) atoms. The van der Waals surface area contributed by atoms with Gasteiger partial charge in [0.25, 0.3) is 0 Å². The highest BCUT2D eigenvalue weighted by Crippen LogP contribution is 2.31.